The maximum Gasteiger partial charge on any atom is 0.143 e. The van der Waals surface area contributed by atoms with Crippen LogP contribution in [0.1, 0.15) is 31.1 Å². The molecular formula is C14H17N3O. The lowest BCUT2D eigenvalue weighted by molar-refractivity contribution is -0.117. The van der Waals surface area contributed by atoms with Gasteiger partial charge in [-0.2, -0.15) is 5.10 Å². The van der Waals surface area contributed by atoms with Gasteiger partial charge in [-0.3, -0.25) is 14.5 Å². The molecule has 0 unspecified atom stereocenters. The quantitative estimate of drug-likeness (QED) is 0.809. The van der Waals surface area contributed by atoms with E-state index in [1.807, 2.05) is 29.1 Å². The lowest BCUT2D eigenvalue weighted by atomic mass is 10.1. The van der Waals surface area contributed by atoms with Crippen LogP contribution in [0.3, 0.4) is 0 Å². The van der Waals surface area contributed by atoms with E-state index in [4.69, 9.17) is 0 Å². The average Bonchev–Trinajstić information content (AvgIpc) is 2.78. The summed E-state index contributed by atoms with van der Waals surface area (Å²) in [5, 5.41) is 4.37. The maximum atomic E-state index is 11.9. The predicted molar refractivity (Wildman–Crippen MR) is 69.3 cm³/mol. The van der Waals surface area contributed by atoms with Crippen molar-refractivity contribution in [2.75, 3.05) is 0 Å². The Bertz CT molecular complexity index is 517. The van der Waals surface area contributed by atoms with Crippen LogP contribution in [0.15, 0.2) is 36.8 Å². The van der Waals surface area contributed by atoms with Gasteiger partial charge in [0.15, 0.2) is 0 Å². The second-order valence-electron chi connectivity index (χ2n) is 4.63. The van der Waals surface area contributed by atoms with Crippen molar-refractivity contribution in [3.05, 3.63) is 48.0 Å². The first-order valence-corrected chi connectivity index (χ1v) is 6.10. The van der Waals surface area contributed by atoms with Crippen molar-refractivity contribution in [3.8, 4) is 0 Å². The van der Waals surface area contributed by atoms with E-state index in [1.165, 1.54) is 0 Å². The van der Waals surface area contributed by atoms with Gasteiger partial charge in [0.1, 0.15) is 5.78 Å². The summed E-state index contributed by atoms with van der Waals surface area (Å²) < 4.78 is 1.87. The number of Topliss-reactive ketones (excluding diaryl/α,β-unsaturated/α-hetero) is 1. The van der Waals surface area contributed by atoms with Crippen molar-refractivity contribution in [2.24, 2.45) is 0 Å². The predicted octanol–water partition coefficient (Wildman–Crippen LogP) is 2.21. The van der Waals surface area contributed by atoms with Crippen LogP contribution in [-0.2, 0) is 17.6 Å². The summed E-state index contributed by atoms with van der Waals surface area (Å²) in [5.74, 6) is 0.164. The minimum Gasteiger partial charge on any atom is -0.299 e. The molecule has 0 aliphatic rings. The van der Waals surface area contributed by atoms with Crippen LogP contribution >= 0.6 is 0 Å². The number of carbonyl (C=O) groups excluding carboxylic acids is 1. The molecule has 0 aliphatic carbocycles. The Morgan fingerprint density at radius 1 is 1.33 bits per heavy atom. The summed E-state index contributed by atoms with van der Waals surface area (Å²) >= 11 is 0. The number of carbonyl (C=O) groups is 1. The highest BCUT2D eigenvalue weighted by atomic mass is 16.1. The molecule has 18 heavy (non-hydrogen) atoms. The normalized spacial score (nSPS) is 10.8. The van der Waals surface area contributed by atoms with Crippen LogP contribution in [0.2, 0.25) is 0 Å². The molecule has 2 aromatic heterocycles. The molecule has 0 fully saturated rings. The number of hydrogen-bond acceptors (Lipinski definition) is 3. The molecular weight excluding hydrogens is 226 g/mol. The third-order valence-corrected chi connectivity index (χ3v) is 2.70. The summed E-state index contributed by atoms with van der Waals surface area (Å²) in [6.45, 7) is 4.13. The first-order chi connectivity index (χ1) is 8.65. The Hall–Kier alpha value is -1.97. The van der Waals surface area contributed by atoms with E-state index in [-0.39, 0.29) is 5.78 Å². The third-order valence-electron chi connectivity index (χ3n) is 2.70. The summed E-state index contributed by atoms with van der Waals surface area (Å²) in [6, 6.07) is 5.99. The average molecular weight is 243 g/mol. The highest BCUT2D eigenvalue weighted by Crippen LogP contribution is 2.06. The Morgan fingerprint density at radius 3 is 2.78 bits per heavy atom. The van der Waals surface area contributed by atoms with Crippen molar-refractivity contribution in [3.63, 3.8) is 0 Å². The monoisotopic (exact) mass is 243 g/mol. The van der Waals surface area contributed by atoms with Gasteiger partial charge in [-0.15, -0.1) is 0 Å². The van der Waals surface area contributed by atoms with Crippen LogP contribution in [-0.4, -0.2) is 20.5 Å². The molecule has 0 radical (unpaired) electrons. The van der Waals surface area contributed by atoms with E-state index in [1.54, 1.807) is 12.4 Å². The molecule has 2 aromatic rings. The first kappa shape index (κ1) is 12.5. The van der Waals surface area contributed by atoms with Crippen LogP contribution in [0.5, 0.6) is 0 Å². The fraction of sp³-hybridized carbons (Fsp3) is 0.357. The van der Waals surface area contributed by atoms with Crippen molar-refractivity contribution < 1.29 is 4.79 Å². The molecule has 0 aliphatic heterocycles. The Morgan fingerprint density at radius 2 is 2.17 bits per heavy atom. The molecule has 0 N–H and O–H groups in total. The molecule has 94 valence electrons. The Kier molecular flexibility index (Phi) is 3.87. The van der Waals surface area contributed by atoms with Gasteiger partial charge in [0, 0.05) is 31.1 Å². The summed E-state index contributed by atoms with van der Waals surface area (Å²) in [4.78, 5) is 15.9. The van der Waals surface area contributed by atoms with Crippen molar-refractivity contribution in [1.82, 2.24) is 14.8 Å². The standard InChI is InChI=1S/C14H17N3O/c1-11(2)17-7-5-13(16-17)9-14(18)8-12-4-3-6-15-10-12/h3-7,10-11H,8-9H2,1-2H3. The highest BCUT2D eigenvalue weighted by Gasteiger charge is 2.08. The second-order valence-corrected chi connectivity index (χ2v) is 4.63. The summed E-state index contributed by atoms with van der Waals surface area (Å²) in [7, 11) is 0. The SMILES string of the molecule is CC(C)n1ccc(CC(=O)Cc2cccnc2)n1. The zero-order valence-corrected chi connectivity index (χ0v) is 10.7. The van der Waals surface area contributed by atoms with E-state index < -0.39 is 0 Å². The van der Waals surface area contributed by atoms with Gasteiger partial charge in [0.05, 0.1) is 12.1 Å². The lowest BCUT2D eigenvalue weighted by Gasteiger charge is -2.03. The smallest absolute Gasteiger partial charge is 0.143 e. The molecule has 0 saturated heterocycles. The topological polar surface area (TPSA) is 47.8 Å². The van der Waals surface area contributed by atoms with Crippen LogP contribution in [0.4, 0.5) is 0 Å². The molecule has 0 aromatic carbocycles. The second kappa shape index (κ2) is 5.58. The van der Waals surface area contributed by atoms with Crippen molar-refractivity contribution in [2.45, 2.75) is 32.7 Å². The van der Waals surface area contributed by atoms with E-state index in [9.17, 15) is 4.79 Å². The van der Waals surface area contributed by atoms with E-state index in [2.05, 4.69) is 23.9 Å². The van der Waals surface area contributed by atoms with E-state index in [0.717, 1.165) is 11.3 Å². The molecule has 0 amide bonds. The zero-order chi connectivity index (χ0) is 13.0. The largest absolute Gasteiger partial charge is 0.299 e. The highest BCUT2D eigenvalue weighted by molar-refractivity contribution is 5.82. The van der Waals surface area contributed by atoms with E-state index in [0.29, 0.717) is 18.9 Å². The molecule has 4 heteroatoms. The van der Waals surface area contributed by atoms with Gasteiger partial charge in [-0.1, -0.05) is 6.07 Å². The fourth-order valence-corrected chi connectivity index (χ4v) is 1.75. The molecule has 2 rings (SSSR count). The zero-order valence-electron chi connectivity index (χ0n) is 10.7. The van der Waals surface area contributed by atoms with Gasteiger partial charge in [-0.25, -0.2) is 0 Å². The van der Waals surface area contributed by atoms with Gasteiger partial charge >= 0.3 is 0 Å². The summed E-state index contributed by atoms with van der Waals surface area (Å²) in [5.41, 5.74) is 1.78. The number of nitrogens with zero attached hydrogens (tertiary/aromatic N) is 3. The van der Waals surface area contributed by atoms with Gasteiger partial charge in [0.2, 0.25) is 0 Å². The maximum absolute atomic E-state index is 11.9. The van der Waals surface area contributed by atoms with Gasteiger partial charge < -0.3 is 0 Å². The van der Waals surface area contributed by atoms with Crippen molar-refractivity contribution in [1.29, 1.82) is 0 Å². The number of aromatic nitrogens is 3. The van der Waals surface area contributed by atoms with Crippen LogP contribution in [0.25, 0.3) is 0 Å². The van der Waals surface area contributed by atoms with Crippen LogP contribution in [0, 0.1) is 0 Å². The third kappa shape index (κ3) is 3.26. The minimum absolute atomic E-state index is 0.164. The molecule has 2 heterocycles. The van der Waals surface area contributed by atoms with Gasteiger partial charge in [-0.05, 0) is 31.5 Å². The number of rotatable bonds is 5. The molecule has 0 spiro atoms. The Balaban J connectivity index is 1.95. The van der Waals surface area contributed by atoms with Crippen molar-refractivity contribution >= 4 is 5.78 Å². The summed E-state index contributed by atoms with van der Waals surface area (Å²) in [6.07, 6.45) is 6.15. The minimum atomic E-state index is 0.164. The molecule has 0 atom stereocenters. The lowest BCUT2D eigenvalue weighted by Crippen LogP contribution is -2.08. The molecule has 0 saturated carbocycles. The first-order valence-electron chi connectivity index (χ1n) is 6.10. The number of pyridine rings is 1. The van der Waals surface area contributed by atoms with Crippen LogP contribution < -0.4 is 0 Å². The Labute approximate surface area is 107 Å². The number of hydrogen-bond donors (Lipinski definition) is 0. The van der Waals surface area contributed by atoms with E-state index >= 15 is 0 Å². The van der Waals surface area contributed by atoms with Gasteiger partial charge in [0.25, 0.3) is 0 Å². The fourth-order valence-electron chi connectivity index (χ4n) is 1.75. The number of ketones is 1. The molecule has 4 nitrogen and oxygen atoms in total. The molecule has 0 bridgehead atoms.